The monoisotopic (exact) mass is 439 g/mol. The fourth-order valence-corrected chi connectivity index (χ4v) is 4.31. The van der Waals surface area contributed by atoms with Gasteiger partial charge in [-0.2, -0.15) is 5.10 Å². The summed E-state index contributed by atoms with van der Waals surface area (Å²) in [6.07, 6.45) is 0.332. The Morgan fingerprint density at radius 2 is 1.79 bits per heavy atom. The predicted molar refractivity (Wildman–Crippen MR) is 128 cm³/mol. The highest BCUT2D eigenvalue weighted by molar-refractivity contribution is 5.96. The lowest BCUT2D eigenvalue weighted by molar-refractivity contribution is -0.116. The summed E-state index contributed by atoms with van der Waals surface area (Å²) >= 11 is 0. The molecule has 1 aromatic heterocycles. The molecule has 0 bridgehead atoms. The Morgan fingerprint density at radius 3 is 2.58 bits per heavy atom. The van der Waals surface area contributed by atoms with Gasteiger partial charge in [-0.1, -0.05) is 60.7 Å². The van der Waals surface area contributed by atoms with Gasteiger partial charge in [0.1, 0.15) is 6.61 Å². The zero-order valence-electron chi connectivity index (χ0n) is 18.6. The maximum atomic E-state index is 12.4. The molecule has 0 spiro atoms. The third-order valence-electron chi connectivity index (χ3n) is 6.10. The van der Waals surface area contributed by atoms with Crippen molar-refractivity contribution in [3.63, 3.8) is 0 Å². The normalized spacial score (nSPS) is 15.0. The van der Waals surface area contributed by atoms with Crippen LogP contribution in [0.5, 0.6) is 11.5 Å². The number of amides is 1. The van der Waals surface area contributed by atoms with Gasteiger partial charge in [-0.25, -0.2) is 0 Å². The maximum Gasteiger partial charge on any atom is 0.226 e. The zero-order valence-corrected chi connectivity index (χ0v) is 18.6. The quantitative estimate of drug-likeness (QED) is 0.419. The number of aromatic amines is 1. The second-order valence-corrected chi connectivity index (χ2v) is 8.16. The molecule has 3 aromatic carbocycles. The number of carbonyl (C=O) groups excluding carboxylic acids is 1. The van der Waals surface area contributed by atoms with Crippen molar-refractivity contribution < 1.29 is 14.3 Å². The lowest BCUT2D eigenvalue weighted by Crippen LogP contribution is -2.23. The van der Waals surface area contributed by atoms with Crippen molar-refractivity contribution in [2.45, 2.75) is 25.9 Å². The van der Waals surface area contributed by atoms with Crippen molar-refractivity contribution >= 4 is 11.7 Å². The van der Waals surface area contributed by atoms with Gasteiger partial charge in [0.2, 0.25) is 5.91 Å². The number of fused-ring (bicyclic) bond motifs is 1. The number of hydrogen-bond acceptors (Lipinski definition) is 4. The number of anilines is 1. The Balaban J connectivity index is 1.48. The lowest BCUT2D eigenvalue weighted by atomic mass is 9.84. The molecule has 0 unspecified atom stereocenters. The predicted octanol–water partition coefficient (Wildman–Crippen LogP) is 5.45. The number of hydrogen-bond donors (Lipinski definition) is 2. The van der Waals surface area contributed by atoms with Gasteiger partial charge >= 0.3 is 0 Å². The summed E-state index contributed by atoms with van der Waals surface area (Å²) in [6, 6.07) is 24.1. The number of ether oxygens (including phenoxy) is 2. The highest BCUT2D eigenvalue weighted by Gasteiger charge is 2.32. The second kappa shape index (κ2) is 8.82. The minimum absolute atomic E-state index is 0.0579. The first-order valence-electron chi connectivity index (χ1n) is 10.9. The van der Waals surface area contributed by atoms with Crippen LogP contribution >= 0.6 is 0 Å². The summed E-state index contributed by atoms with van der Waals surface area (Å²) in [4.78, 5) is 12.4. The van der Waals surface area contributed by atoms with Crippen LogP contribution in [0.25, 0.3) is 11.3 Å². The van der Waals surface area contributed by atoms with E-state index in [0.717, 1.165) is 27.9 Å². The summed E-state index contributed by atoms with van der Waals surface area (Å²) in [5.74, 6) is 1.67. The summed E-state index contributed by atoms with van der Waals surface area (Å²) < 4.78 is 11.7. The van der Waals surface area contributed by atoms with E-state index in [1.165, 1.54) is 5.56 Å². The topological polar surface area (TPSA) is 76.2 Å². The van der Waals surface area contributed by atoms with E-state index >= 15 is 0 Å². The fourth-order valence-electron chi connectivity index (χ4n) is 4.31. The molecule has 2 N–H and O–H groups in total. The molecule has 6 nitrogen and oxygen atoms in total. The maximum absolute atomic E-state index is 12.4. The van der Waals surface area contributed by atoms with E-state index in [0.29, 0.717) is 30.3 Å². The highest BCUT2D eigenvalue weighted by atomic mass is 16.5. The van der Waals surface area contributed by atoms with Gasteiger partial charge in [-0.15, -0.1) is 0 Å². The molecule has 1 amide bonds. The van der Waals surface area contributed by atoms with Crippen molar-refractivity contribution in [1.29, 1.82) is 0 Å². The fraction of sp³-hybridized carbons (Fsp3) is 0.185. The largest absolute Gasteiger partial charge is 0.493 e. The number of methoxy groups -OCH3 is 1. The van der Waals surface area contributed by atoms with Crippen LogP contribution in [0.3, 0.4) is 0 Å². The van der Waals surface area contributed by atoms with Gasteiger partial charge in [-0.05, 0) is 41.3 Å². The van der Waals surface area contributed by atoms with Crippen molar-refractivity contribution in [1.82, 2.24) is 10.2 Å². The smallest absolute Gasteiger partial charge is 0.226 e. The average molecular weight is 440 g/mol. The first-order valence-corrected chi connectivity index (χ1v) is 10.9. The van der Waals surface area contributed by atoms with Crippen molar-refractivity contribution in [2.24, 2.45) is 0 Å². The molecule has 1 atom stereocenters. The molecule has 1 aliphatic heterocycles. The number of benzene rings is 3. The Labute approximate surface area is 192 Å². The average Bonchev–Trinajstić information content (AvgIpc) is 3.27. The van der Waals surface area contributed by atoms with Crippen LogP contribution in [0.2, 0.25) is 0 Å². The molecule has 6 heteroatoms. The summed E-state index contributed by atoms with van der Waals surface area (Å²) in [6.45, 7) is 2.53. The zero-order chi connectivity index (χ0) is 22.8. The van der Waals surface area contributed by atoms with E-state index < -0.39 is 0 Å². The van der Waals surface area contributed by atoms with E-state index in [1.54, 1.807) is 7.11 Å². The van der Waals surface area contributed by atoms with Gasteiger partial charge in [-0.3, -0.25) is 9.89 Å². The Kier molecular flexibility index (Phi) is 5.57. The first kappa shape index (κ1) is 20.8. The molecular weight excluding hydrogens is 414 g/mol. The van der Waals surface area contributed by atoms with Crippen molar-refractivity contribution in [3.05, 3.63) is 95.1 Å². The summed E-state index contributed by atoms with van der Waals surface area (Å²) in [5.41, 5.74) is 6.21. The minimum atomic E-state index is -0.151. The molecule has 0 saturated carbocycles. The minimum Gasteiger partial charge on any atom is -0.493 e. The van der Waals surface area contributed by atoms with Crippen LogP contribution in [0.4, 0.5) is 5.82 Å². The highest BCUT2D eigenvalue weighted by Crippen LogP contribution is 2.43. The third kappa shape index (κ3) is 4.07. The number of carbonyl (C=O) groups is 1. The molecule has 4 aromatic rings. The summed E-state index contributed by atoms with van der Waals surface area (Å²) in [5, 5.41) is 10.4. The first-order chi connectivity index (χ1) is 16.1. The molecule has 166 valence electrons. The molecule has 0 fully saturated rings. The van der Waals surface area contributed by atoms with Crippen molar-refractivity contribution in [3.8, 4) is 22.8 Å². The number of nitrogens with zero attached hydrogens (tertiary/aromatic N) is 1. The Hall–Kier alpha value is -4.06. The SMILES string of the molecule is COc1cc([C@@H]2CC(=O)Nc3n[nH]c(-c4ccccc4)c32)ccc1OCc1ccccc1C. The van der Waals surface area contributed by atoms with Gasteiger partial charge in [0.25, 0.3) is 0 Å². The lowest BCUT2D eigenvalue weighted by Gasteiger charge is -2.24. The van der Waals surface area contributed by atoms with Crippen molar-refractivity contribution in [2.75, 3.05) is 12.4 Å². The molecule has 0 aliphatic carbocycles. The number of aromatic nitrogens is 2. The van der Waals surface area contributed by atoms with Crippen LogP contribution in [0.1, 0.15) is 34.6 Å². The number of rotatable bonds is 6. The standard InChI is InChI=1S/C27H25N3O3/c1-17-8-6-7-11-20(17)16-33-22-13-12-19(14-23(22)32-2)21-15-24(31)28-27-25(21)26(29-30-27)18-9-4-3-5-10-18/h3-14,21H,15-16H2,1-2H3,(H2,28,29,30,31)/t21-/m0/s1. The van der Waals surface area contributed by atoms with Crippen LogP contribution in [0, 0.1) is 6.92 Å². The number of nitrogens with one attached hydrogen (secondary N) is 2. The molecule has 0 saturated heterocycles. The van der Waals surface area contributed by atoms with Gasteiger partial charge in [0.15, 0.2) is 17.3 Å². The molecule has 5 rings (SSSR count). The van der Waals surface area contributed by atoms with E-state index in [1.807, 2.05) is 60.7 Å². The number of H-pyrrole nitrogens is 1. The van der Waals surface area contributed by atoms with E-state index in [9.17, 15) is 4.79 Å². The molecule has 2 heterocycles. The Bertz CT molecular complexity index is 1300. The van der Waals surface area contributed by atoms with Crippen LogP contribution in [-0.4, -0.2) is 23.2 Å². The molecule has 1 aliphatic rings. The Morgan fingerprint density at radius 1 is 1.00 bits per heavy atom. The second-order valence-electron chi connectivity index (χ2n) is 8.16. The molecular formula is C27H25N3O3. The third-order valence-corrected chi connectivity index (χ3v) is 6.10. The van der Waals surface area contributed by atoms with Crippen LogP contribution in [-0.2, 0) is 11.4 Å². The summed E-state index contributed by atoms with van der Waals surface area (Å²) in [7, 11) is 1.63. The van der Waals surface area contributed by atoms with E-state index in [4.69, 9.17) is 9.47 Å². The van der Waals surface area contributed by atoms with E-state index in [-0.39, 0.29) is 11.8 Å². The van der Waals surface area contributed by atoms with Gasteiger partial charge < -0.3 is 14.8 Å². The molecule has 33 heavy (non-hydrogen) atoms. The van der Waals surface area contributed by atoms with E-state index in [2.05, 4.69) is 34.6 Å². The van der Waals surface area contributed by atoms with Crippen LogP contribution in [0.15, 0.2) is 72.8 Å². The molecule has 0 radical (unpaired) electrons. The van der Waals surface area contributed by atoms with Gasteiger partial charge in [0, 0.05) is 17.9 Å². The van der Waals surface area contributed by atoms with Crippen LogP contribution < -0.4 is 14.8 Å². The number of aryl methyl sites for hydroxylation is 1. The van der Waals surface area contributed by atoms with Gasteiger partial charge in [0.05, 0.1) is 12.8 Å².